The zero-order valence-electron chi connectivity index (χ0n) is 15.1. The van der Waals surface area contributed by atoms with Crippen molar-refractivity contribution in [2.75, 3.05) is 25.7 Å². The maximum absolute atomic E-state index is 11.2. The van der Waals surface area contributed by atoms with Crippen molar-refractivity contribution in [3.05, 3.63) is 23.8 Å². The minimum Gasteiger partial charge on any atom is -0.504 e. The van der Waals surface area contributed by atoms with E-state index in [1.165, 1.54) is 13.4 Å². The average molecular weight is 485 g/mol. The Hall–Kier alpha value is -1.23. The van der Waals surface area contributed by atoms with Gasteiger partial charge in [-0.15, -0.1) is 24.0 Å². The van der Waals surface area contributed by atoms with Gasteiger partial charge >= 0.3 is 0 Å². The van der Waals surface area contributed by atoms with Crippen LogP contribution in [0.15, 0.2) is 23.2 Å². The monoisotopic (exact) mass is 485 g/mol. The van der Waals surface area contributed by atoms with Gasteiger partial charge in [0.2, 0.25) is 0 Å². The predicted octanol–water partition coefficient (Wildman–Crippen LogP) is 1.90. The standard InChI is InChI=1S/C16H27N3O4S.HI/c1-5-17-16(19-12(2)8-9-24(4,21)22)18-11-13-6-7-15(23-3)14(20)10-13;/h6-7,10,12,20H,5,8-9,11H2,1-4H3,(H2,17,18,19);1H. The van der Waals surface area contributed by atoms with Crippen LogP contribution in [-0.2, 0) is 16.4 Å². The molecule has 0 amide bonds. The van der Waals surface area contributed by atoms with E-state index < -0.39 is 9.84 Å². The molecule has 0 aromatic heterocycles. The van der Waals surface area contributed by atoms with Crippen LogP contribution in [0.25, 0.3) is 0 Å². The Morgan fingerprint density at radius 1 is 1.40 bits per heavy atom. The number of hydrogen-bond acceptors (Lipinski definition) is 5. The van der Waals surface area contributed by atoms with Crippen molar-refractivity contribution in [3.63, 3.8) is 0 Å². The molecule has 0 bridgehead atoms. The summed E-state index contributed by atoms with van der Waals surface area (Å²) in [5, 5.41) is 16.1. The molecule has 0 heterocycles. The lowest BCUT2D eigenvalue weighted by Gasteiger charge is -2.17. The first-order chi connectivity index (χ1) is 11.2. The fraction of sp³-hybridized carbons (Fsp3) is 0.562. The zero-order valence-corrected chi connectivity index (χ0v) is 18.2. The maximum atomic E-state index is 11.2. The number of halogens is 1. The summed E-state index contributed by atoms with van der Waals surface area (Å²) in [6.07, 6.45) is 1.74. The van der Waals surface area contributed by atoms with Crippen LogP contribution in [0.3, 0.4) is 0 Å². The Labute approximate surface area is 167 Å². The van der Waals surface area contributed by atoms with Gasteiger partial charge in [0.05, 0.1) is 19.4 Å². The Morgan fingerprint density at radius 2 is 2.08 bits per heavy atom. The summed E-state index contributed by atoms with van der Waals surface area (Å²) in [7, 11) is -1.48. The Balaban J connectivity index is 0.00000576. The number of nitrogens with zero attached hydrogens (tertiary/aromatic N) is 1. The number of guanidine groups is 1. The summed E-state index contributed by atoms with van der Waals surface area (Å²) < 4.78 is 27.5. The van der Waals surface area contributed by atoms with Crippen LogP contribution in [0.2, 0.25) is 0 Å². The second-order valence-corrected chi connectivity index (χ2v) is 7.93. The van der Waals surface area contributed by atoms with Gasteiger partial charge in [0.25, 0.3) is 0 Å². The van der Waals surface area contributed by atoms with Crippen molar-refractivity contribution in [2.24, 2.45) is 4.99 Å². The van der Waals surface area contributed by atoms with E-state index in [-0.39, 0.29) is 41.5 Å². The Morgan fingerprint density at radius 3 is 2.60 bits per heavy atom. The Bertz CT molecular complexity index is 665. The minimum atomic E-state index is -2.97. The molecule has 0 aliphatic carbocycles. The minimum absolute atomic E-state index is 0. The molecule has 3 N–H and O–H groups in total. The number of rotatable bonds is 8. The number of aliphatic imine (C=N–C) groups is 1. The van der Waals surface area contributed by atoms with E-state index in [0.29, 0.717) is 31.2 Å². The molecule has 144 valence electrons. The highest BCUT2D eigenvalue weighted by Gasteiger charge is 2.09. The summed E-state index contributed by atoms with van der Waals surface area (Å²) in [6.45, 7) is 4.94. The van der Waals surface area contributed by atoms with Crippen molar-refractivity contribution in [2.45, 2.75) is 32.9 Å². The number of phenols is 1. The summed E-state index contributed by atoms with van der Waals surface area (Å²) in [5.41, 5.74) is 0.842. The molecule has 25 heavy (non-hydrogen) atoms. The molecule has 1 unspecified atom stereocenters. The number of aromatic hydroxyl groups is 1. The van der Waals surface area contributed by atoms with E-state index in [2.05, 4.69) is 15.6 Å². The van der Waals surface area contributed by atoms with Crippen LogP contribution in [0.4, 0.5) is 0 Å². The van der Waals surface area contributed by atoms with Crippen LogP contribution in [0, 0.1) is 0 Å². The van der Waals surface area contributed by atoms with E-state index in [1.807, 2.05) is 19.9 Å². The molecule has 0 aliphatic rings. The lowest BCUT2D eigenvalue weighted by atomic mass is 10.2. The molecule has 1 atom stereocenters. The number of sulfone groups is 1. The van der Waals surface area contributed by atoms with Crippen LogP contribution in [0.5, 0.6) is 11.5 Å². The second-order valence-electron chi connectivity index (χ2n) is 5.67. The van der Waals surface area contributed by atoms with Crippen molar-refractivity contribution < 1.29 is 18.3 Å². The smallest absolute Gasteiger partial charge is 0.191 e. The summed E-state index contributed by atoms with van der Waals surface area (Å²) in [4.78, 5) is 4.46. The number of benzene rings is 1. The zero-order chi connectivity index (χ0) is 18.2. The lowest BCUT2D eigenvalue weighted by Crippen LogP contribution is -2.42. The number of methoxy groups -OCH3 is 1. The largest absolute Gasteiger partial charge is 0.504 e. The van der Waals surface area contributed by atoms with Crippen LogP contribution < -0.4 is 15.4 Å². The molecule has 0 radical (unpaired) electrons. The van der Waals surface area contributed by atoms with E-state index in [0.717, 1.165) is 5.56 Å². The third-order valence-corrected chi connectivity index (χ3v) is 4.29. The molecule has 7 nitrogen and oxygen atoms in total. The highest BCUT2D eigenvalue weighted by Crippen LogP contribution is 2.26. The first-order valence-corrected chi connectivity index (χ1v) is 9.89. The van der Waals surface area contributed by atoms with Crippen molar-refractivity contribution in [3.8, 4) is 11.5 Å². The first kappa shape index (κ1) is 23.8. The lowest BCUT2D eigenvalue weighted by molar-refractivity contribution is 0.373. The molecule has 0 saturated carbocycles. The fourth-order valence-electron chi connectivity index (χ4n) is 2.02. The molecule has 0 fully saturated rings. The molecule has 9 heteroatoms. The van der Waals surface area contributed by atoms with Gasteiger partial charge in [0.15, 0.2) is 17.5 Å². The number of nitrogens with one attached hydrogen (secondary N) is 2. The van der Waals surface area contributed by atoms with Crippen molar-refractivity contribution in [1.29, 1.82) is 0 Å². The summed E-state index contributed by atoms with van der Waals surface area (Å²) >= 11 is 0. The highest BCUT2D eigenvalue weighted by molar-refractivity contribution is 14.0. The van der Waals surface area contributed by atoms with Crippen LogP contribution in [-0.4, -0.2) is 51.2 Å². The van der Waals surface area contributed by atoms with E-state index >= 15 is 0 Å². The number of ether oxygens (including phenoxy) is 1. The molecule has 0 spiro atoms. The van der Waals surface area contributed by atoms with E-state index in [1.54, 1.807) is 12.1 Å². The molecule has 1 aromatic carbocycles. The van der Waals surface area contributed by atoms with Gasteiger partial charge in [-0.1, -0.05) is 6.07 Å². The van der Waals surface area contributed by atoms with Gasteiger partial charge in [0.1, 0.15) is 9.84 Å². The third-order valence-electron chi connectivity index (χ3n) is 3.31. The van der Waals surface area contributed by atoms with Gasteiger partial charge in [-0.25, -0.2) is 13.4 Å². The molecule has 0 aliphatic heterocycles. The SMILES string of the molecule is CCNC(=NCc1ccc(OC)c(O)c1)NC(C)CCS(C)(=O)=O.I. The summed E-state index contributed by atoms with van der Waals surface area (Å²) in [6, 6.07) is 5.11. The average Bonchev–Trinajstić information content (AvgIpc) is 2.50. The molecule has 1 rings (SSSR count). The van der Waals surface area contributed by atoms with Gasteiger partial charge in [-0.05, 0) is 38.0 Å². The molecular formula is C16H28IN3O4S. The topological polar surface area (TPSA) is 100 Å². The molecule has 0 saturated heterocycles. The van der Waals surface area contributed by atoms with Gasteiger partial charge in [-0.3, -0.25) is 0 Å². The fourth-order valence-corrected chi connectivity index (χ4v) is 2.80. The van der Waals surface area contributed by atoms with Crippen molar-refractivity contribution >= 4 is 39.8 Å². The number of phenolic OH excluding ortho intramolecular Hbond substituents is 1. The maximum Gasteiger partial charge on any atom is 0.191 e. The van der Waals surface area contributed by atoms with Gasteiger partial charge in [-0.2, -0.15) is 0 Å². The van der Waals surface area contributed by atoms with E-state index in [9.17, 15) is 13.5 Å². The van der Waals surface area contributed by atoms with E-state index in [4.69, 9.17) is 4.74 Å². The molecular weight excluding hydrogens is 457 g/mol. The second kappa shape index (κ2) is 11.4. The third kappa shape index (κ3) is 9.73. The molecule has 1 aromatic rings. The normalized spacial score (nSPS) is 12.9. The van der Waals surface area contributed by atoms with Gasteiger partial charge in [0, 0.05) is 18.8 Å². The highest BCUT2D eigenvalue weighted by atomic mass is 127. The first-order valence-electron chi connectivity index (χ1n) is 7.83. The number of hydrogen-bond donors (Lipinski definition) is 3. The van der Waals surface area contributed by atoms with Gasteiger partial charge < -0.3 is 20.5 Å². The van der Waals surface area contributed by atoms with Crippen LogP contribution in [0.1, 0.15) is 25.8 Å². The predicted molar refractivity (Wildman–Crippen MR) is 112 cm³/mol. The quantitative estimate of drug-likeness (QED) is 0.296. The Kier molecular flexibility index (Phi) is 10.8. The summed E-state index contributed by atoms with van der Waals surface area (Å²) in [5.74, 6) is 1.23. The van der Waals surface area contributed by atoms with Crippen LogP contribution >= 0.6 is 24.0 Å². The van der Waals surface area contributed by atoms with Crippen molar-refractivity contribution in [1.82, 2.24) is 10.6 Å².